The molecule has 27 heavy (non-hydrogen) atoms. The zero-order chi connectivity index (χ0) is 19.6. The first kappa shape index (κ1) is 20.1. The van der Waals surface area contributed by atoms with Crippen LogP contribution >= 0.6 is 0 Å². The van der Waals surface area contributed by atoms with E-state index in [-0.39, 0.29) is 17.7 Å². The van der Waals surface area contributed by atoms with Gasteiger partial charge in [0, 0.05) is 49.7 Å². The van der Waals surface area contributed by atoms with Crippen molar-refractivity contribution < 1.29 is 19.1 Å². The van der Waals surface area contributed by atoms with Crippen molar-refractivity contribution in [2.45, 2.75) is 13.3 Å². The molecule has 0 atom stereocenters. The molecule has 0 spiro atoms. The Morgan fingerprint density at radius 3 is 2.07 bits per heavy atom. The van der Waals surface area contributed by atoms with E-state index < -0.39 is 0 Å². The fourth-order valence-corrected chi connectivity index (χ4v) is 2.37. The van der Waals surface area contributed by atoms with Crippen LogP contribution < -0.4 is 16.0 Å². The maximum absolute atomic E-state index is 12.4. The summed E-state index contributed by atoms with van der Waals surface area (Å²) in [6.07, 6.45) is 0.719. The second kappa shape index (κ2) is 10.1. The topological polar surface area (TPSA) is 96.5 Å². The molecule has 0 saturated carbocycles. The summed E-state index contributed by atoms with van der Waals surface area (Å²) in [5, 5.41) is 8.21. The Labute approximate surface area is 158 Å². The van der Waals surface area contributed by atoms with E-state index in [2.05, 4.69) is 16.0 Å². The van der Waals surface area contributed by atoms with Crippen molar-refractivity contribution >= 4 is 29.1 Å². The van der Waals surface area contributed by atoms with Gasteiger partial charge in [0.1, 0.15) is 0 Å². The molecule has 0 aliphatic carbocycles. The van der Waals surface area contributed by atoms with Gasteiger partial charge in [-0.1, -0.05) is 6.07 Å². The molecule has 2 aromatic carbocycles. The second-order valence-electron chi connectivity index (χ2n) is 5.90. The Morgan fingerprint density at radius 1 is 0.889 bits per heavy atom. The number of anilines is 2. The first-order valence-electron chi connectivity index (χ1n) is 8.56. The van der Waals surface area contributed by atoms with Crippen LogP contribution in [0.4, 0.5) is 11.4 Å². The molecule has 0 radical (unpaired) electrons. The SMILES string of the molecule is COCCCNC(=O)c1cccc(C(=O)Nc2ccc(NC(C)=O)cc2)c1. The highest BCUT2D eigenvalue weighted by Gasteiger charge is 2.10. The Balaban J connectivity index is 1.98. The number of amides is 3. The van der Waals surface area contributed by atoms with Gasteiger partial charge < -0.3 is 20.7 Å². The number of hydrogen-bond acceptors (Lipinski definition) is 4. The molecular weight excluding hydrogens is 346 g/mol. The average molecular weight is 369 g/mol. The Hall–Kier alpha value is -3.19. The lowest BCUT2D eigenvalue weighted by Gasteiger charge is -2.09. The zero-order valence-electron chi connectivity index (χ0n) is 15.4. The van der Waals surface area contributed by atoms with Gasteiger partial charge in [0.2, 0.25) is 5.91 Å². The Morgan fingerprint density at radius 2 is 1.48 bits per heavy atom. The molecule has 0 saturated heterocycles. The number of carbonyl (C=O) groups is 3. The van der Waals surface area contributed by atoms with Crippen molar-refractivity contribution in [1.29, 1.82) is 0 Å². The average Bonchev–Trinajstić information content (AvgIpc) is 2.66. The minimum absolute atomic E-state index is 0.163. The quantitative estimate of drug-likeness (QED) is 0.623. The molecule has 2 rings (SSSR count). The van der Waals surface area contributed by atoms with E-state index in [1.165, 1.54) is 6.92 Å². The molecule has 7 nitrogen and oxygen atoms in total. The maximum Gasteiger partial charge on any atom is 0.255 e. The Bertz CT molecular complexity index is 803. The highest BCUT2D eigenvalue weighted by molar-refractivity contribution is 6.06. The van der Waals surface area contributed by atoms with Gasteiger partial charge >= 0.3 is 0 Å². The van der Waals surface area contributed by atoms with Gasteiger partial charge in [-0.25, -0.2) is 0 Å². The van der Waals surface area contributed by atoms with E-state index in [1.807, 2.05) is 0 Å². The minimum atomic E-state index is -0.323. The highest BCUT2D eigenvalue weighted by atomic mass is 16.5. The van der Waals surface area contributed by atoms with Gasteiger partial charge in [-0.15, -0.1) is 0 Å². The number of benzene rings is 2. The summed E-state index contributed by atoms with van der Waals surface area (Å²) in [7, 11) is 1.61. The molecule has 0 fully saturated rings. The van der Waals surface area contributed by atoms with Crippen LogP contribution in [0.3, 0.4) is 0 Å². The summed E-state index contributed by atoms with van der Waals surface area (Å²) in [5.41, 5.74) is 2.03. The predicted molar refractivity (Wildman–Crippen MR) is 104 cm³/mol. The van der Waals surface area contributed by atoms with Crippen molar-refractivity contribution in [2.75, 3.05) is 30.9 Å². The van der Waals surface area contributed by atoms with Crippen molar-refractivity contribution in [2.24, 2.45) is 0 Å². The summed E-state index contributed by atoms with van der Waals surface area (Å²) in [6.45, 7) is 2.50. The van der Waals surface area contributed by atoms with Crippen LogP contribution in [0.1, 0.15) is 34.1 Å². The molecule has 0 aliphatic rings. The lowest BCUT2D eigenvalue weighted by atomic mass is 10.1. The fraction of sp³-hybridized carbons (Fsp3) is 0.250. The molecule has 3 N–H and O–H groups in total. The molecule has 142 valence electrons. The predicted octanol–water partition coefficient (Wildman–Crippen LogP) is 2.66. The summed E-state index contributed by atoms with van der Waals surface area (Å²) in [4.78, 5) is 35.6. The van der Waals surface area contributed by atoms with Crippen LogP contribution in [-0.4, -0.2) is 38.0 Å². The fourth-order valence-electron chi connectivity index (χ4n) is 2.37. The highest BCUT2D eigenvalue weighted by Crippen LogP contribution is 2.15. The third kappa shape index (κ3) is 6.56. The molecule has 7 heteroatoms. The first-order chi connectivity index (χ1) is 13.0. The summed E-state index contributed by atoms with van der Waals surface area (Å²) < 4.78 is 4.94. The van der Waals surface area contributed by atoms with E-state index in [4.69, 9.17) is 4.74 Å². The third-order valence-corrected chi connectivity index (χ3v) is 3.66. The molecule has 0 heterocycles. The van der Waals surface area contributed by atoms with Crippen molar-refractivity contribution in [3.05, 3.63) is 59.7 Å². The first-order valence-corrected chi connectivity index (χ1v) is 8.56. The largest absolute Gasteiger partial charge is 0.385 e. The minimum Gasteiger partial charge on any atom is -0.385 e. The summed E-state index contributed by atoms with van der Waals surface area (Å²) >= 11 is 0. The second-order valence-corrected chi connectivity index (χ2v) is 5.90. The molecule has 0 aromatic heterocycles. The van der Waals surface area contributed by atoms with Gasteiger partial charge in [-0.05, 0) is 48.9 Å². The van der Waals surface area contributed by atoms with E-state index in [9.17, 15) is 14.4 Å². The molecule has 0 unspecified atom stereocenters. The standard InChI is InChI=1S/C20H23N3O4/c1-14(24)22-17-7-9-18(10-8-17)23-20(26)16-6-3-5-15(13-16)19(25)21-11-4-12-27-2/h3,5-10,13H,4,11-12H2,1-2H3,(H,21,25)(H,22,24)(H,23,26). The summed E-state index contributed by atoms with van der Waals surface area (Å²) in [6, 6.07) is 13.3. The monoisotopic (exact) mass is 369 g/mol. The van der Waals surface area contributed by atoms with Crippen LogP contribution in [0.2, 0.25) is 0 Å². The number of ether oxygens (including phenoxy) is 1. The van der Waals surface area contributed by atoms with Crippen LogP contribution in [0.5, 0.6) is 0 Å². The smallest absolute Gasteiger partial charge is 0.255 e. The number of methoxy groups -OCH3 is 1. The van der Waals surface area contributed by atoms with E-state index in [0.29, 0.717) is 35.7 Å². The molecule has 0 bridgehead atoms. The number of carbonyl (C=O) groups excluding carboxylic acids is 3. The van der Waals surface area contributed by atoms with Crippen LogP contribution in [-0.2, 0) is 9.53 Å². The normalized spacial score (nSPS) is 10.1. The van der Waals surface area contributed by atoms with Crippen LogP contribution in [0.25, 0.3) is 0 Å². The van der Waals surface area contributed by atoms with Crippen molar-refractivity contribution in [3.63, 3.8) is 0 Å². The molecular formula is C20H23N3O4. The maximum atomic E-state index is 12.4. The van der Waals surface area contributed by atoms with E-state index in [1.54, 1.807) is 55.6 Å². The van der Waals surface area contributed by atoms with Crippen molar-refractivity contribution in [1.82, 2.24) is 5.32 Å². The van der Waals surface area contributed by atoms with Gasteiger partial charge in [-0.3, -0.25) is 14.4 Å². The van der Waals surface area contributed by atoms with Gasteiger partial charge in [0.15, 0.2) is 0 Å². The molecule has 2 aromatic rings. The van der Waals surface area contributed by atoms with E-state index in [0.717, 1.165) is 6.42 Å². The number of hydrogen-bond donors (Lipinski definition) is 3. The lowest BCUT2D eigenvalue weighted by molar-refractivity contribution is -0.114. The Kier molecular flexibility index (Phi) is 7.51. The van der Waals surface area contributed by atoms with E-state index >= 15 is 0 Å². The van der Waals surface area contributed by atoms with Gasteiger partial charge in [0.05, 0.1) is 0 Å². The van der Waals surface area contributed by atoms with Crippen molar-refractivity contribution in [3.8, 4) is 0 Å². The van der Waals surface area contributed by atoms with Gasteiger partial charge in [-0.2, -0.15) is 0 Å². The lowest BCUT2D eigenvalue weighted by Crippen LogP contribution is -2.25. The van der Waals surface area contributed by atoms with Gasteiger partial charge in [0.25, 0.3) is 11.8 Å². The van der Waals surface area contributed by atoms with Crippen LogP contribution in [0.15, 0.2) is 48.5 Å². The molecule has 3 amide bonds. The number of nitrogens with one attached hydrogen (secondary N) is 3. The number of rotatable bonds is 8. The third-order valence-electron chi connectivity index (χ3n) is 3.66. The molecule has 0 aliphatic heterocycles. The summed E-state index contributed by atoms with van der Waals surface area (Å²) in [5.74, 6) is -0.721. The van der Waals surface area contributed by atoms with Crippen LogP contribution in [0, 0.1) is 0 Å². The zero-order valence-corrected chi connectivity index (χ0v) is 15.4.